The highest BCUT2D eigenvalue weighted by molar-refractivity contribution is 6.33. The smallest absolute Gasteiger partial charge is 0.393 e. The standard InChI is InChI=1S/C17H22ClF3N2O3/c1-4-26-16(25)9(2)7-11-5-6-12(18)13(8-11)23-15(24)14(22)10(3)17(19,20)21/h5-6,8-10,14H,4,7,22H2,1-3H3,(H,23,24)/t9-,10?,14?/m1/s1. The molecule has 0 radical (unpaired) electrons. The van der Waals surface area contributed by atoms with Gasteiger partial charge in [-0.3, -0.25) is 9.59 Å². The summed E-state index contributed by atoms with van der Waals surface area (Å²) in [4.78, 5) is 23.7. The van der Waals surface area contributed by atoms with Crippen molar-refractivity contribution in [1.82, 2.24) is 0 Å². The summed E-state index contributed by atoms with van der Waals surface area (Å²) < 4.78 is 43.0. The van der Waals surface area contributed by atoms with E-state index < -0.39 is 30.0 Å². The van der Waals surface area contributed by atoms with Crippen LogP contribution >= 0.6 is 11.6 Å². The number of esters is 1. The lowest BCUT2D eigenvalue weighted by molar-refractivity contribution is -0.176. The van der Waals surface area contributed by atoms with Gasteiger partial charge in [0.1, 0.15) is 0 Å². The van der Waals surface area contributed by atoms with Crippen LogP contribution in [-0.2, 0) is 20.7 Å². The summed E-state index contributed by atoms with van der Waals surface area (Å²) in [5.41, 5.74) is 6.20. The SMILES string of the molecule is CCOC(=O)[C@H](C)Cc1ccc(Cl)c(NC(=O)C(N)C(C)C(F)(F)F)c1. The quantitative estimate of drug-likeness (QED) is 0.693. The molecular weight excluding hydrogens is 373 g/mol. The Morgan fingerprint density at radius 1 is 1.31 bits per heavy atom. The van der Waals surface area contributed by atoms with Crippen molar-refractivity contribution >= 4 is 29.2 Å². The van der Waals surface area contributed by atoms with Gasteiger partial charge in [0.25, 0.3) is 0 Å². The summed E-state index contributed by atoms with van der Waals surface area (Å²) >= 11 is 5.99. The molecule has 1 aromatic carbocycles. The second-order valence-corrected chi connectivity index (χ2v) is 6.42. The Morgan fingerprint density at radius 2 is 1.92 bits per heavy atom. The third kappa shape index (κ3) is 6.17. The first-order chi connectivity index (χ1) is 12.0. The monoisotopic (exact) mass is 394 g/mol. The van der Waals surface area contributed by atoms with Gasteiger partial charge in [-0.2, -0.15) is 13.2 Å². The molecule has 0 aliphatic heterocycles. The molecule has 0 fully saturated rings. The maximum atomic E-state index is 12.7. The highest BCUT2D eigenvalue weighted by atomic mass is 35.5. The van der Waals surface area contributed by atoms with Crippen LogP contribution in [0.2, 0.25) is 5.02 Å². The van der Waals surface area contributed by atoms with Crippen LogP contribution in [0.4, 0.5) is 18.9 Å². The van der Waals surface area contributed by atoms with Crippen molar-refractivity contribution in [2.75, 3.05) is 11.9 Å². The fourth-order valence-electron chi connectivity index (χ4n) is 2.16. The lowest BCUT2D eigenvalue weighted by Crippen LogP contribution is -2.46. The summed E-state index contributed by atoms with van der Waals surface area (Å²) in [5.74, 6) is -3.79. The second-order valence-electron chi connectivity index (χ2n) is 6.02. The van der Waals surface area contributed by atoms with Gasteiger partial charge in [-0.1, -0.05) is 31.5 Å². The third-order valence-electron chi connectivity index (χ3n) is 3.88. The van der Waals surface area contributed by atoms with Crippen molar-refractivity contribution in [2.24, 2.45) is 17.6 Å². The molecule has 3 atom stereocenters. The normalized spacial score (nSPS) is 15.1. The van der Waals surface area contributed by atoms with Crippen molar-refractivity contribution in [2.45, 2.75) is 39.4 Å². The summed E-state index contributed by atoms with van der Waals surface area (Å²) in [6.07, 6.45) is -4.26. The predicted octanol–water partition coefficient (Wildman–Crippen LogP) is 3.55. The Hall–Kier alpha value is -1.80. The topological polar surface area (TPSA) is 81.4 Å². The Bertz CT molecular complexity index is 653. The lowest BCUT2D eigenvalue weighted by atomic mass is 10.00. The number of rotatable bonds is 7. The molecule has 1 amide bonds. The van der Waals surface area contributed by atoms with Crippen LogP contribution in [0.1, 0.15) is 26.3 Å². The van der Waals surface area contributed by atoms with Gasteiger partial charge in [0.2, 0.25) is 5.91 Å². The first-order valence-corrected chi connectivity index (χ1v) is 8.43. The summed E-state index contributed by atoms with van der Waals surface area (Å²) in [6, 6.07) is 2.88. The van der Waals surface area contributed by atoms with E-state index in [-0.39, 0.29) is 23.3 Å². The highest BCUT2D eigenvalue weighted by Gasteiger charge is 2.42. The van der Waals surface area contributed by atoms with Crippen molar-refractivity contribution in [3.63, 3.8) is 0 Å². The lowest BCUT2D eigenvalue weighted by Gasteiger charge is -2.22. The van der Waals surface area contributed by atoms with E-state index in [2.05, 4.69) is 5.32 Å². The fraction of sp³-hybridized carbons (Fsp3) is 0.529. The maximum Gasteiger partial charge on any atom is 0.393 e. The number of nitrogens with two attached hydrogens (primary N) is 1. The number of amides is 1. The number of hydrogen-bond donors (Lipinski definition) is 2. The molecule has 5 nitrogen and oxygen atoms in total. The van der Waals surface area contributed by atoms with Gasteiger partial charge < -0.3 is 15.8 Å². The van der Waals surface area contributed by atoms with Gasteiger partial charge in [-0.25, -0.2) is 0 Å². The van der Waals surface area contributed by atoms with Crippen LogP contribution in [-0.4, -0.2) is 30.7 Å². The molecule has 0 bridgehead atoms. The zero-order valence-corrected chi connectivity index (χ0v) is 15.4. The molecule has 0 aliphatic rings. The number of carbonyl (C=O) groups is 2. The van der Waals surface area contributed by atoms with Crippen LogP contribution in [0, 0.1) is 11.8 Å². The average Bonchev–Trinajstić information content (AvgIpc) is 2.55. The molecule has 0 aliphatic carbocycles. The van der Waals surface area contributed by atoms with Gasteiger partial charge in [-0.15, -0.1) is 0 Å². The second kappa shape index (κ2) is 9.23. The van der Waals surface area contributed by atoms with E-state index in [1.165, 1.54) is 12.1 Å². The predicted molar refractivity (Wildman–Crippen MR) is 92.8 cm³/mol. The van der Waals surface area contributed by atoms with E-state index in [0.717, 1.165) is 6.92 Å². The molecule has 1 aromatic rings. The molecule has 146 valence electrons. The minimum atomic E-state index is -4.59. The Balaban J connectivity index is 2.87. The molecule has 0 spiro atoms. The van der Waals surface area contributed by atoms with Crippen LogP contribution in [0.3, 0.4) is 0 Å². The van der Waals surface area contributed by atoms with Crippen molar-refractivity contribution in [3.05, 3.63) is 28.8 Å². The number of ether oxygens (including phenoxy) is 1. The van der Waals surface area contributed by atoms with Gasteiger partial charge in [0.15, 0.2) is 0 Å². The average molecular weight is 395 g/mol. The summed E-state index contributed by atoms with van der Waals surface area (Å²) in [7, 11) is 0. The largest absolute Gasteiger partial charge is 0.466 e. The van der Waals surface area contributed by atoms with E-state index in [0.29, 0.717) is 12.0 Å². The van der Waals surface area contributed by atoms with E-state index >= 15 is 0 Å². The van der Waals surface area contributed by atoms with Crippen molar-refractivity contribution in [1.29, 1.82) is 0 Å². The van der Waals surface area contributed by atoms with Crippen molar-refractivity contribution in [3.8, 4) is 0 Å². The molecule has 0 saturated heterocycles. The molecular formula is C17H22ClF3N2O3. The maximum absolute atomic E-state index is 12.7. The van der Waals surface area contributed by atoms with Crippen molar-refractivity contribution < 1.29 is 27.5 Å². The molecule has 9 heteroatoms. The first-order valence-electron chi connectivity index (χ1n) is 8.05. The summed E-state index contributed by atoms with van der Waals surface area (Å²) in [5, 5.41) is 2.47. The van der Waals surface area contributed by atoms with E-state index in [9.17, 15) is 22.8 Å². The van der Waals surface area contributed by atoms with Crippen LogP contribution < -0.4 is 11.1 Å². The Morgan fingerprint density at radius 3 is 2.46 bits per heavy atom. The van der Waals surface area contributed by atoms with Gasteiger partial charge in [0.05, 0.1) is 35.2 Å². The third-order valence-corrected chi connectivity index (χ3v) is 4.21. The van der Waals surface area contributed by atoms with Gasteiger partial charge >= 0.3 is 12.1 Å². The minimum absolute atomic E-state index is 0.134. The zero-order chi connectivity index (χ0) is 20.1. The van der Waals surface area contributed by atoms with Gasteiger partial charge in [0, 0.05) is 0 Å². The van der Waals surface area contributed by atoms with Crippen LogP contribution in [0.25, 0.3) is 0 Å². The van der Waals surface area contributed by atoms with Gasteiger partial charge in [-0.05, 0) is 31.0 Å². The molecule has 3 N–H and O–H groups in total. The number of hydrogen-bond acceptors (Lipinski definition) is 4. The van der Waals surface area contributed by atoms with E-state index in [1.807, 2.05) is 0 Å². The molecule has 0 aromatic heterocycles. The molecule has 26 heavy (non-hydrogen) atoms. The molecule has 2 unspecified atom stereocenters. The Kier molecular flexibility index (Phi) is 7.89. The van der Waals surface area contributed by atoms with E-state index in [4.69, 9.17) is 22.1 Å². The number of benzene rings is 1. The fourth-order valence-corrected chi connectivity index (χ4v) is 2.33. The molecule has 1 rings (SSSR count). The van der Waals surface area contributed by atoms with Crippen LogP contribution in [0.15, 0.2) is 18.2 Å². The zero-order valence-electron chi connectivity index (χ0n) is 14.7. The number of nitrogens with one attached hydrogen (secondary N) is 1. The molecule has 0 saturated carbocycles. The number of alkyl halides is 3. The first kappa shape index (κ1) is 22.2. The Labute approximate surface area is 155 Å². The van der Waals surface area contributed by atoms with Crippen LogP contribution in [0.5, 0.6) is 0 Å². The van der Waals surface area contributed by atoms with E-state index in [1.54, 1.807) is 19.9 Å². The minimum Gasteiger partial charge on any atom is -0.466 e. The summed E-state index contributed by atoms with van der Waals surface area (Å²) in [6.45, 7) is 4.49. The number of carbonyl (C=O) groups excluding carboxylic acids is 2. The molecule has 0 heterocycles. The number of anilines is 1. The highest BCUT2D eigenvalue weighted by Crippen LogP contribution is 2.29. The number of halogens is 4.